The molecule has 1 amide bonds. The van der Waals surface area contributed by atoms with E-state index < -0.39 is 0 Å². The third-order valence-corrected chi connectivity index (χ3v) is 3.31. The van der Waals surface area contributed by atoms with E-state index >= 15 is 0 Å². The Morgan fingerprint density at radius 2 is 2.33 bits per heavy atom. The van der Waals surface area contributed by atoms with Gasteiger partial charge in [-0.25, -0.2) is 0 Å². The van der Waals surface area contributed by atoms with Gasteiger partial charge in [-0.3, -0.25) is 4.79 Å². The zero-order valence-corrected chi connectivity index (χ0v) is 11.7. The van der Waals surface area contributed by atoms with E-state index in [-0.39, 0.29) is 12.5 Å². The van der Waals surface area contributed by atoms with Gasteiger partial charge >= 0.3 is 0 Å². The van der Waals surface area contributed by atoms with E-state index in [1.54, 1.807) is 11.0 Å². The molecule has 1 aliphatic carbocycles. The minimum absolute atomic E-state index is 0.00630. The van der Waals surface area contributed by atoms with Crippen molar-refractivity contribution in [1.29, 1.82) is 5.26 Å². The topological polar surface area (TPSA) is 56.1 Å². The number of likely N-dealkylation sites (N-methyl/N-ethyl adjacent to an activating group) is 1. The highest BCUT2D eigenvalue weighted by Gasteiger charge is 2.23. The number of hydrogen-bond donors (Lipinski definition) is 1. The molecule has 94 valence electrons. The van der Waals surface area contributed by atoms with Crippen molar-refractivity contribution >= 4 is 27.5 Å². The second-order valence-electron chi connectivity index (χ2n) is 4.47. The summed E-state index contributed by atoms with van der Waals surface area (Å²) in [5, 5.41) is 12.0. The zero-order chi connectivity index (χ0) is 13.1. The van der Waals surface area contributed by atoms with Crippen LogP contribution in [0.5, 0.6) is 0 Å². The molecule has 1 aromatic carbocycles. The number of anilines is 1. The summed E-state index contributed by atoms with van der Waals surface area (Å²) in [5.74, 6) is 0.00630. The van der Waals surface area contributed by atoms with Crippen LogP contribution in [0.4, 0.5) is 5.69 Å². The van der Waals surface area contributed by atoms with Crippen LogP contribution < -0.4 is 10.2 Å². The van der Waals surface area contributed by atoms with Crippen LogP contribution in [0.15, 0.2) is 22.7 Å². The number of hydrogen-bond acceptors (Lipinski definition) is 3. The molecule has 0 unspecified atom stereocenters. The number of nitriles is 1. The molecule has 2 rings (SSSR count). The van der Waals surface area contributed by atoms with Gasteiger partial charge in [0.2, 0.25) is 5.91 Å². The molecule has 1 aliphatic rings. The fraction of sp³-hybridized carbons (Fsp3) is 0.385. The number of benzene rings is 1. The number of amides is 1. The molecule has 1 fully saturated rings. The third-order valence-electron chi connectivity index (χ3n) is 2.81. The zero-order valence-electron chi connectivity index (χ0n) is 10.1. The minimum Gasteiger partial charge on any atom is -0.364 e. The highest BCUT2D eigenvalue weighted by molar-refractivity contribution is 9.10. The second-order valence-corrected chi connectivity index (χ2v) is 5.39. The number of halogens is 1. The first-order valence-electron chi connectivity index (χ1n) is 5.80. The van der Waals surface area contributed by atoms with Crippen LogP contribution in [0.1, 0.15) is 18.4 Å². The van der Waals surface area contributed by atoms with Crippen LogP contribution in [0, 0.1) is 11.3 Å². The average molecular weight is 308 g/mol. The standard InChI is InChI=1S/C13H14BrN3O/c1-17(8-13(18)16-11-3-4-11)12-5-2-10(14)6-9(12)7-15/h2,5-6,11H,3-4,8H2,1H3,(H,16,18). The van der Waals surface area contributed by atoms with Gasteiger partial charge in [-0.2, -0.15) is 5.26 Å². The van der Waals surface area contributed by atoms with Gasteiger partial charge in [0.15, 0.2) is 0 Å². The Labute approximate surface area is 115 Å². The van der Waals surface area contributed by atoms with E-state index in [1.165, 1.54) is 0 Å². The number of rotatable bonds is 4. The van der Waals surface area contributed by atoms with E-state index in [2.05, 4.69) is 27.3 Å². The lowest BCUT2D eigenvalue weighted by atomic mass is 10.2. The number of nitrogens with one attached hydrogen (secondary N) is 1. The summed E-state index contributed by atoms with van der Waals surface area (Å²) in [4.78, 5) is 13.5. The largest absolute Gasteiger partial charge is 0.364 e. The Kier molecular flexibility index (Phi) is 3.87. The molecular formula is C13H14BrN3O. The maximum Gasteiger partial charge on any atom is 0.239 e. The van der Waals surface area contributed by atoms with Gasteiger partial charge < -0.3 is 10.2 Å². The predicted molar refractivity (Wildman–Crippen MR) is 73.3 cm³/mol. The van der Waals surface area contributed by atoms with Crippen LogP contribution >= 0.6 is 15.9 Å². The van der Waals surface area contributed by atoms with Gasteiger partial charge in [-0.1, -0.05) is 15.9 Å². The van der Waals surface area contributed by atoms with Crippen molar-refractivity contribution in [2.24, 2.45) is 0 Å². The molecule has 18 heavy (non-hydrogen) atoms. The van der Waals surface area contributed by atoms with E-state index in [4.69, 9.17) is 5.26 Å². The van der Waals surface area contributed by atoms with Crippen molar-refractivity contribution in [2.75, 3.05) is 18.5 Å². The highest BCUT2D eigenvalue weighted by Crippen LogP contribution is 2.23. The number of carbonyl (C=O) groups excluding carboxylic acids is 1. The van der Waals surface area contributed by atoms with E-state index in [0.29, 0.717) is 11.6 Å². The van der Waals surface area contributed by atoms with Gasteiger partial charge in [-0.15, -0.1) is 0 Å². The van der Waals surface area contributed by atoms with Crippen LogP contribution in [0.3, 0.4) is 0 Å². The summed E-state index contributed by atoms with van der Waals surface area (Å²) in [7, 11) is 1.82. The summed E-state index contributed by atoms with van der Waals surface area (Å²) in [5.41, 5.74) is 1.33. The van der Waals surface area contributed by atoms with Crippen LogP contribution in [-0.2, 0) is 4.79 Å². The van der Waals surface area contributed by atoms with Crippen molar-refractivity contribution in [3.8, 4) is 6.07 Å². The Balaban J connectivity index is 2.05. The quantitative estimate of drug-likeness (QED) is 0.926. The maximum atomic E-state index is 11.7. The van der Waals surface area contributed by atoms with Crippen LogP contribution in [0.25, 0.3) is 0 Å². The molecular weight excluding hydrogens is 294 g/mol. The van der Waals surface area contributed by atoms with Crippen molar-refractivity contribution < 1.29 is 4.79 Å². The van der Waals surface area contributed by atoms with Crippen molar-refractivity contribution in [3.63, 3.8) is 0 Å². The third kappa shape index (κ3) is 3.23. The summed E-state index contributed by atoms with van der Waals surface area (Å²) >= 11 is 3.33. The molecule has 0 heterocycles. The summed E-state index contributed by atoms with van der Waals surface area (Å²) in [6.45, 7) is 0.271. The summed E-state index contributed by atoms with van der Waals surface area (Å²) < 4.78 is 0.860. The van der Waals surface area contributed by atoms with E-state index in [1.807, 2.05) is 19.2 Å². The first kappa shape index (κ1) is 12.9. The Hall–Kier alpha value is -1.54. The molecule has 1 N–H and O–H groups in total. The monoisotopic (exact) mass is 307 g/mol. The van der Waals surface area contributed by atoms with Gasteiger partial charge in [0.1, 0.15) is 6.07 Å². The van der Waals surface area contributed by atoms with Gasteiger partial charge in [0.25, 0.3) is 0 Å². The summed E-state index contributed by atoms with van der Waals surface area (Å²) in [6.07, 6.45) is 2.16. The lowest BCUT2D eigenvalue weighted by Crippen LogP contribution is -2.36. The molecule has 0 aliphatic heterocycles. The lowest BCUT2D eigenvalue weighted by molar-refractivity contribution is -0.119. The number of nitrogens with zero attached hydrogens (tertiary/aromatic N) is 2. The highest BCUT2D eigenvalue weighted by atomic mass is 79.9. The Morgan fingerprint density at radius 3 is 2.94 bits per heavy atom. The number of carbonyl (C=O) groups is 1. The summed E-state index contributed by atoms with van der Waals surface area (Å²) in [6, 6.07) is 7.97. The van der Waals surface area contributed by atoms with Crippen LogP contribution in [0.2, 0.25) is 0 Å². The first-order chi connectivity index (χ1) is 8.60. The molecule has 0 bridgehead atoms. The first-order valence-corrected chi connectivity index (χ1v) is 6.59. The van der Waals surface area contributed by atoms with Gasteiger partial charge in [-0.05, 0) is 31.0 Å². The average Bonchev–Trinajstić information content (AvgIpc) is 3.12. The van der Waals surface area contributed by atoms with E-state index in [0.717, 1.165) is 23.0 Å². The smallest absolute Gasteiger partial charge is 0.239 e. The molecule has 0 atom stereocenters. The lowest BCUT2D eigenvalue weighted by Gasteiger charge is -2.20. The van der Waals surface area contributed by atoms with Crippen molar-refractivity contribution in [3.05, 3.63) is 28.2 Å². The molecule has 0 radical (unpaired) electrons. The Morgan fingerprint density at radius 1 is 1.61 bits per heavy atom. The van der Waals surface area contributed by atoms with E-state index in [9.17, 15) is 4.79 Å². The Bertz CT molecular complexity index is 505. The SMILES string of the molecule is CN(CC(=O)NC1CC1)c1ccc(Br)cc1C#N. The molecule has 1 aromatic rings. The van der Waals surface area contributed by atoms with Gasteiger partial charge in [0.05, 0.1) is 17.8 Å². The maximum absolute atomic E-state index is 11.7. The van der Waals surface area contributed by atoms with Gasteiger partial charge in [0, 0.05) is 17.6 Å². The molecule has 0 saturated heterocycles. The fourth-order valence-corrected chi connectivity index (χ4v) is 2.09. The molecule has 0 aromatic heterocycles. The molecule has 1 saturated carbocycles. The van der Waals surface area contributed by atoms with Crippen molar-refractivity contribution in [1.82, 2.24) is 5.32 Å². The molecule has 0 spiro atoms. The predicted octanol–water partition coefficient (Wildman–Crippen LogP) is 2.04. The second kappa shape index (κ2) is 5.40. The fourth-order valence-electron chi connectivity index (χ4n) is 1.73. The van der Waals surface area contributed by atoms with Crippen LogP contribution in [-0.4, -0.2) is 25.5 Å². The normalized spacial score (nSPS) is 13.8. The van der Waals surface area contributed by atoms with Crippen molar-refractivity contribution in [2.45, 2.75) is 18.9 Å². The molecule has 5 heteroatoms. The molecule has 4 nitrogen and oxygen atoms in total. The minimum atomic E-state index is 0.00630.